The van der Waals surface area contributed by atoms with Gasteiger partial charge in [0.25, 0.3) is 0 Å². The van der Waals surface area contributed by atoms with Crippen LogP contribution in [0.25, 0.3) is 11.6 Å². The van der Waals surface area contributed by atoms with E-state index in [0.717, 1.165) is 35.6 Å². The van der Waals surface area contributed by atoms with Gasteiger partial charge in [-0.25, -0.2) is 4.79 Å². The van der Waals surface area contributed by atoms with Crippen molar-refractivity contribution < 1.29 is 24.2 Å². The molecule has 0 radical (unpaired) electrons. The Morgan fingerprint density at radius 2 is 1.70 bits per heavy atom. The number of aliphatic carboxylic acids is 1. The highest BCUT2D eigenvalue weighted by Crippen LogP contribution is 2.41. The molecule has 7 heteroatoms. The van der Waals surface area contributed by atoms with E-state index in [4.69, 9.17) is 4.74 Å². The van der Waals surface area contributed by atoms with Crippen LogP contribution in [0.15, 0.2) is 54.6 Å². The summed E-state index contributed by atoms with van der Waals surface area (Å²) < 4.78 is 5.55. The quantitative estimate of drug-likeness (QED) is 0.449. The number of anilines is 1. The predicted molar refractivity (Wildman–Crippen MR) is 166 cm³/mol. The smallest absolute Gasteiger partial charge is 0.338 e. The molecule has 2 aliphatic carbocycles. The lowest BCUT2D eigenvalue weighted by Gasteiger charge is -2.38. The lowest BCUT2D eigenvalue weighted by Crippen LogP contribution is -2.54. The Morgan fingerprint density at radius 1 is 0.953 bits per heavy atom. The molecule has 3 aliphatic rings. The Kier molecular flexibility index (Phi) is 6.95. The molecule has 3 aromatic carbocycles. The number of likely N-dealkylation sites (N-methyl/N-ethyl adjacent to an activating group) is 1. The number of benzene rings is 3. The fourth-order valence-corrected chi connectivity index (χ4v) is 6.91. The minimum atomic E-state index is -1.52. The van der Waals surface area contributed by atoms with E-state index >= 15 is 0 Å². The molecule has 43 heavy (non-hydrogen) atoms. The molecule has 2 N–H and O–H groups in total. The van der Waals surface area contributed by atoms with Gasteiger partial charge in [0.1, 0.15) is 17.1 Å². The van der Waals surface area contributed by atoms with Crippen molar-refractivity contribution in [3.05, 3.63) is 97.7 Å². The number of hydrogen-bond acceptors (Lipinski definition) is 5. The highest BCUT2D eigenvalue weighted by molar-refractivity contribution is 5.99. The van der Waals surface area contributed by atoms with Crippen LogP contribution in [0.3, 0.4) is 0 Å². The standard InChI is InChI=1S/C36H38N2O5/c1-35(2,3)43-33(40)22-14-18-30-23(19-22)20-38(5)32(39)31(37-30)36(4,34(41)42)29-12-8-11-25-27-15-13-21-9-6-7-10-24(21)26(27)16-17-28(25)29/h6-7,9-10,13-14,16-19,31,37H,8,11-12,15,20H2,1-5H3,(H,41,42)/t31-,36+/m1/s1. The first-order chi connectivity index (χ1) is 20.4. The van der Waals surface area contributed by atoms with E-state index < -0.39 is 29.0 Å². The highest BCUT2D eigenvalue weighted by Gasteiger charge is 2.51. The highest BCUT2D eigenvalue weighted by atomic mass is 16.6. The Balaban J connectivity index is 1.49. The third-order valence-corrected chi connectivity index (χ3v) is 9.11. The Labute approximate surface area is 251 Å². The Morgan fingerprint density at radius 3 is 2.44 bits per heavy atom. The van der Waals surface area contributed by atoms with E-state index in [1.807, 2.05) is 26.8 Å². The second-order valence-electron chi connectivity index (χ2n) is 13.1. The number of esters is 1. The molecule has 1 heterocycles. The number of carboxylic acid groups (broad SMARTS) is 1. The number of ether oxygens (including phenoxy) is 1. The van der Waals surface area contributed by atoms with Gasteiger partial charge in [0.2, 0.25) is 5.91 Å². The number of fused-ring (bicyclic) bond motifs is 5. The summed E-state index contributed by atoms with van der Waals surface area (Å²) in [5, 5.41) is 18.8. The van der Waals surface area contributed by atoms with E-state index in [2.05, 4.69) is 41.7 Å². The topological polar surface area (TPSA) is 95.9 Å². The van der Waals surface area contributed by atoms with E-state index in [0.29, 0.717) is 17.7 Å². The Hall–Kier alpha value is -4.39. The molecule has 2 atom stereocenters. The van der Waals surface area contributed by atoms with E-state index in [1.54, 1.807) is 37.1 Å². The second kappa shape index (κ2) is 10.4. The van der Waals surface area contributed by atoms with Crippen molar-refractivity contribution >= 4 is 35.2 Å². The van der Waals surface area contributed by atoms with Crippen molar-refractivity contribution in [3.8, 4) is 0 Å². The number of carboxylic acids is 1. The molecule has 7 nitrogen and oxygen atoms in total. The summed E-state index contributed by atoms with van der Waals surface area (Å²) in [7, 11) is 1.68. The summed E-state index contributed by atoms with van der Waals surface area (Å²) in [4.78, 5) is 41.6. The summed E-state index contributed by atoms with van der Waals surface area (Å²) in [6.07, 6.45) is 5.32. The third kappa shape index (κ3) is 4.90. The van der Waals surface area contributed by atoms with Crippen LogP contribution in [-0.2, 0) is 33.7 Å². The second-order valence-corrected chi connectivity index (χ2v) is 13.1. The first-order valence-electron chi connectivity index (χ1n) is 14.9. The summed E-state index contributed by atoms with van der Waals surface area (Å²) in [5.74, 6) is -1.80. The maximum atomic E-state index is 14.0. The van der Waals surface area contributed by atoms with Gasteiger partial charge in [0.15, 0.2) is 0 Å². The maximum absolute atomic E-state index is 14.0. The minimum Gasteiger partial charge on any atom is -0.481 e. The lowest BCUT2D eigenvalue weighted by molar-refractivity contribution is -0.149. The van der Waals surface area contributed by atoms with Crippen LogP contribution in [0.1, 0.15) is 67.6 Å². The van der Waals surface area contributed by atoms with Crippen LogP contribution in [0.2, 0.25) is 0 Å². The Bertz CT molecular complexity index is 1900. The number of carbonyl (C=O) groups excluding carboxylic acids is 2. The summed E-state index contributed by atoms with van der Waals surface area (Å²) in [5.41, 5.74) is 2.80. The van der Waals surface area contributed by atoms with Gasteiger partial charge < -0.3 is 20.1 Å². The fraction of sp³-hybridized carbons (Fsp3) is 0.361. The molecule has 3 aromatic rings. The molecule has 1 aliphatic heterocycles. The molecule has 222 valence electrons. The predicted octanol–water partition coefficient (Wildman–Crippen LogP) is 4.30. The fourth-order valence-electron chi connectivity index (χ4n) is 6.91. The monoisotopic (exact) mass is 578 g/mol. The summed E-state index contributed by atoms with van der Waals surface area (Å²) >= 11 is 0. The van der Waals surface area contributed by atoms with Gasteiger partial charge in [-0.2, -0.15) is 0 Å². The maximum Gasteiger partial charge on any atom is 0.338 e. The molecule has 0 unspecified atom stereocenters. The zero-order valence-corrected chi connectivity index (χ0v) is 25.4. The van der Waals surface area contributed by atoms with Gasteiger partial charge in [-0.15, -0.1) is 0 Å². The molecule has 0 bridgehead atoms. The van der Waals surface area contributed by atoms with Crippen LogP contribution in [0, 0.1) is 15.9 Å². The van der Waals surface area contributed by atoms with Gasteiger partial charge in [-0.05, 0) is 115 Å². The van der Waals surface area contributed by atoms with Crippen LogP contribution in [-0.4, -0.2) is 46.5 Å². The van der Waals surface area contributed by atoms with Gasteiger partial charge in [0, 0.05) is 19.3 Å². The molecule has 6 rings (SSSR count). The zero-order valence-electron chi connectivity index (χ0n) is 25.4. The molecule has 0 saturated carbocycles. The number of hydrogen-bond donors (Lipinski definition) is 2. The van der Waals surface area contributed by atoms with Gasteiger partial charge in [0.05, 0.1) is 5.56 Å². The molecule has 0 aromatic heterocycles. The van der Waals surface area contributed by atoms with Crippen LogP contribution >= 0.6 is 0 Å². The molecule has 0 saturated heterocycles. The van der Waals surface area contributed by atoms with Crippen LogP contribution in [0.4, 0.5) is 5.69 Å². The van der Waals surface area contributed by atoms with Crippen molar-refractivity contribution in [1.29, 1.82) is 0 Å². The van der Waals surface area contributed by atoms with Gasteiger partial charge in [-0.1, -0.05) is 42.5 Å². The average molecular weight is 579 g/mol. The minimum absolute atomic E-state index is 0.235. The van der Waals surface area contributed by atoms with E-state index in [9.17, 15) is 19.5 Å². The average Bonchev–Trinajstić information content (AvgIpc) is 3.10. The van der Waals surface area contributed by atoms with Gasteiger partial charge >= 0.3 is 11.9 Å². The lowest BCUT2D eigenvalue weighted by atomic mass is 9.69. The normalized spacial score (nSPS) is 18.9. The number of rotatable bonds is 4. The molecular weight excluding hydrogens is 540 g/mol. The van der Waals surface area contributed by atoms with Crippen LogP contribution < -0.4 is 15.8 Å². The van der Waals surface area contributed by atoms with Crippen LogP contribution in [0.5, 0.6) is 0 Å². The number of nitrogens with one attached hydrogen (secondary N) is 1. The number of carbonyl (C=O) groups is 3. The third-order valence-electron chi connectivity index (χ3n) is 9.11. The van der Waals surface area contributed by atoms with Crippen molar-refractivity contribution in [2.45, 2.75) is 71.6 Å². The van der Waals surface area contributed by atoms with E-state index in [1.165, 1.54) is 26.8 Å². The van der Waals surface area contributed by atoms with Crippen molar-refractivity contribution in [2.75, 3.05) is 12.4 Å². The SMILES string of the molecule is CN1Cc2cc(C(=O)OC(C)(C)C)ccc2N[C@@H]([C@@](C)(C(=O)O)C2=c3ccc4c(c3CCC2)CC=c2ccccc2=4)C1=O. The van der Waals surface area contributed by atoms with Crippen molar-refractivity contribution in [3.63, 3.8) is 0 Å². The largest absolute Gasteiger partial charge is 0.481 e. The van der Waals surface area contributed by atoms with Crippen molar-refractivity contribution in [2.24, 2.45) is 5.41 Å². The molecule has 0 fully saturated rings. The molecule has 1 amide bonds. The van der Waals surface area contributed by atoms with Crippen molar-refractivity contribution in [1.82, 2.24) is 4.90 Å². The zero-order chi connectivity index (χ0) is 30.7. The number of nitrogens with zero attached hydrogens (tertiary/aromatic N) is 1. The summed E-state index contributed by atoms with van der Waals surface area (Å²) in [6.45, 7) is 7.36. The first kappa shape index (κ1) is 28.7. The first-order valence-corrected chi connectivity index (χ1v) is 14.9. The molecular formula is C36H38N2O5. The van der Waals surface area contributed by atoms with E-state index in [-0.39, 0.29) is 12.5 Å². The number of amides is 1. The molecule has 0 spiro atoms. The summed E-state index contributed by atoms with van der Waals surface area (Å²) in [6, 6.07) is 16.6. The van der Waals surface area contributed by atoms with Gasteiger partial charge in [-0.3, -0.25) is 9.59 Å².